The Morgan fingerprint density at radius 1 is 0.964 bits per heavy atom. The molecule has 3 aromatic carbocycles. The predicted octanol–water partition coefficient (Wildman–Crippen LogP) is 5.44. The molecule has 4 heteroatoms. The van der Waals surface area contributed by atoms with Gasteiger partial charge in [-0.05, 0) is 55.0 Å². The van der Waals surface area contributed by atoms with E-state index in [1.807, 2.05) is 6.08 Å². The molecule has 4 aromatic rings. The number of carbonyl (C=O) groups excluding carboxylic acids is 1. The molecule has 28 heavy (non-hydrogen) atoms. The number of carbonyl (C=O) groups is 1. The first-order chi connectivity index (χ1) is 13.7. The molecule has 4 nitrogen and oxygen atoms in total. The number of benzene rings is 3. The smallest absolute Gasteiger partial charge is 0.231 e. The Kier molecular flexibility index (Phi) is 3.90. The molecule has 2 heterocycles. The molecule has 0 radical (unpaired) electrons. The van der Waals surface area contributed by atoms with Crippen molar-refractivity contribution in [3.8, 4) is 11.5 Å². The largest absolute Gasteiger partial charge is 0.454 e. The second-order valence-electron chi connectivity index (χ2n) is 6.80. The molecule has 1 aliphatic rings. The number of nitrogens with zero attached hydrogens (tertiary/aromatic N) is 1. The summed E-state index contributed by atoms with van der Waals surface area (Å²) in [5, 5.41) is 2.44. The highest BCUT2D eigenvalue weighted by molar-refractivity contribution is 6.10. The molecule has 0 saturated heterocycles. The van der Waals surface area contributed by atoms with Gasteiger partial charge in [0.25, 0.3) is 0 Å². The molecule has 0 amide bonds. The van der Waals surface area contributed by atoms with Crippen LogP contribution in [0.1, 0.15) is 22.8 Å². The topological polar surface area (TPSA) is 40.5 Å². The maximum Gasteiger partial charge on any atom is 0.231 e. The Morgan fingerprint density at radius 2 is 1.79 bits per heavy atom. The highest BCUT2D eigenvalue weighted by Gasteiger charge is 2.15. The van der Waals surface area contributed by atoms with Gasteiger partial charge >= 0.3 is 0 Å². The highest BCUT2D eigenvalue weighted by Crippen LogP contribution is 2.33. The first-order valence-electron chi connectivity index (χ1n) is 9.37. The molecule has 0 unspecified atom stereocenters. The molecule has 0 atom stereocenters. The maximum absolute atomic E-state index is 12.6. The molecule has 0 bridgehead atoms. The Bertz CT molecular complexity index is 1250. The van der Waals surface area contributed by atoms with Crippen molar-refractivity contribution in [1.82, 2.24) is 4.57 Å². The fourth-order valence-corrected chi connectivity index (χ4v) is 3.83. The number of rotatable bonds is 4. The Balaban J connectivity index is 1.49. The van der Waals surface area contributed by atoms with Crippen LogP contribution >= 0.6 is 0 Å². The zero-order valence-electron chi connectivity index (χ0n) is 15.5. The van der Waals surface area contributed by atoms with Crippen molar-refractivity contribution < 1.29 is 14.3 Å². The van der Waals surface area contributed by atoms with Crippen LogP contribution in [-0.4, -0.2) is 17.1 Å². The van der Waals surface area contributed by atoms with Crippen molar-refractivity contribution in [2.45, 2.75) is 13.5 Å². The van der Waals surface area contributed by atoms with Gasteiger partial charge in [0.2, 0.25) is 6.79 Å². The van der Waals surface area contributed by atoms with Gasteiger partial charge in [0.05, 0.1) is 0 Å². The van der Waals surface area contributed by atoms with Gasteiger partial charge in [-0.15, -0.1) is 0 Å². The van der Waals surface area contributed by atoms with Crippen molar-refractivity contribution in [3.63, 3.8) is 0 Å². The molecule has 0 N–H and O–H groups in total. The number of ketones is 1. The van der Waals surface area contributed by atoms with Crippen molar-refractivity contribution in [2.75, 3.05) is 6.79 Å². The second kappa shape index (κ2) is 6.57. The molecule has 138 valence electrons. The summed E-state index contributed by atoms with van der Waals surface area (Å²) in [6.45, 7) is 3.28. The van der Waals surface area contributed by atoms with E-state index in [2.05, 4.69) is 54.0 Å². The van der Waals surface area contributed by atoms with Crippen LogP contribution in [0.3, 0.4) is 0 Å². The second-order valence-corrected chi connectivity index (χ2v) is 6.80. The van der Waals surface area contributed by atoms with E-state index in [-0.39, 0.29) is 12.6 Å². The number of allylic oxidation sites excluding steroid dienone is 1. The van der Waals surface area contributed by atoms with E-state index in [1.54, 1.807) is 24.3 Å². The minimum absolute atomic E-state index is 0.0608. The first-order valence-corrected chi connectivity index (χ1v) is 9.37. The summed E-state index contributed by atoms with van der Waals surface area (Å²) < 4.78 is 13.0. The fourth-order valence-electron chi connectivity index (χ4n) is 3.83. The van der Waals surface area contributed by atoms with Crippen molar-refractivity contribution in [1.29, 1.82) is 0 Å². The summed E-state index contributed by atoms with van der Waals surface area (Å²) in [6.07, 6.45) is 3.47. The van der Waals surface area contributed by atoms with Gasteiger partial charge in [-0.1, -0.05) is 30.3 Å². The van der Waals surface area contributed by atoms with Gasteiger partial charge in [-0.2, -0.15) is 0 Å². The standard InChI is InChI=1S/C24H19NO3/c1-2-25-20-6-4-3-5-18(20)19-13-16(7-10-21(19)25)8-11-22(26)17-9-12-23-24(14-17)28-15-27-23/h3-14H,2,15H2,1H3/b11-8+. The van der Waals surface area contributed by atoms with Crippen LogP contribution in [0.15, 0.2) is 66.7 Å². The Labute approximate surface area is 162 Å². The average Bonchev–Trinajstić information content (AvgIpc) is 3.33. The van der Waals surface area contributed by atoms with Crippen molar-refractivity contribution in [2.24, 2.45) is 0 Å². The lowest BCUT2D eigenvalue weighted by Crippen LogP contribution is -1.94. The number of aromatic nitrogens is 1. The summed E-state index contributed by atoms with van der Waals surface area (Å²) in [4.78, 5) is 12.6. The predicted molar refractivity (Wildman–Crippen MR) is 111 cm³/mol. The van der Waals surface area contributed by atoms with Crippen molar-refractivity contribution in [3.05, 3.63) is 77.9 Å². The zero-order chi connectivity index (χ0) is 19.1. The maximum atomic E-state index is 12.6. The lowest BCUT2D eigenvalue weighted by molar-refractivity contribution is 0.104. The van der Waals surface area contributed by atoms with Gasteiger partial charge in [-0.3, -0.25) is 4.79 Å². The van der Waals surface area contributed by atoms with E-state index in [0.717, 1.165) is 12.1 Å². The van der Waals surface area contributed by atoms with Gasteiger partial charge in [0.15, 0.2) is 17.3 Å². The molecular weight excluding hydrogens is 350 g/mol. The first kappa shape index (κ1) is 16.6. The van der Waals surface area contributed by atoms with Crippen molar-refractivity contribution >= 4 is 33.7 Å². The third-order valence-corrected chi connectivity index (χ3v) is 5.20. The van der Waals surface area contributed by atoms with E-state index < -0.39 is 0 Å². The van der Waals surface area contributed by atoms with Gasteiger partial charge in [0.1, 0.15) is 0 Å². The summed E-state index contributed by atoms with van der Waals surface area (Å²) in [6, 6.07) is 20.0. The van der Waals surface area contributed by atoms with Gasteiger partial charge in [0, 0.05) is 33.9 Å². The molecule has 1 aliphatic heterocycles. The third kappa shape index (κ3) is 2.65. The Morgan fingerprint density at radius 3 is 2.68 bits per heavy atom. The SMILES string of the molecule is CCn1c2ccccc2c2cc(/C=C/C(=O)c3ccc4c(c3)OCO4)ccc21. The average molecular weight is 369 g/mol. The summed E-state index contributed by atoms with van der Waals surface area (Å²) in [5.74, 6) is 1.24. The summed E-state index contributed by atoms with van der Waals surface area (Å²) in [7, 11) is 0. The minimum Gasteiger partial charge on any atom is -0.454 e. The van der Waals surface area contributed by atoms with Crippen LogP contribution in [0.2, 0.25) is 0 Å². The molecule has 0 fully saturated rings. The number of fused-ring (bicyclic) bond motifs is 4. The van der Waals surface area contributed by atoms with Crippen LogP contribution in [0.25, 0.3) is 27.9 Å². The van der Waals surface area contributed by atoms with Gasteiger partial charge < -0.3 is 14.0 Å². The molecule has 5 rings (SSSR count). The van der Waals surface area contributed by atoms with Gasteiger partial charge in [-0.25, -0.2) is 0 Å². The van der Waals surface area contributed by atoms with Crippen LogP contribution in [-0.2, 0) is 6.54 Å². The normalized spacial score (nSPS) is 13.0. The van der Waals surface area contributed by atoms with E-state index in [9.17, 15) is 4.79 Å². The summed E-state index contributed by atoms with van der Waals surface area (Å²) in [5.41, 5.74) is 4.03. The lowest BCUT2D eigenvalue weighted by atomic mass is 10.1. The lowest BCUT2D eigenvalue weighted by Gasteiger charge is -2.03. The van der Waals surface area contributed by atoms with Crippen LogP contribution < -0.4 is 9.47 Å². The number of aryl methyl sites for hydroxylation is 1. The van der Waals surface area contributed by atoms with Crippen LogP contribution in [0, 0.1) is 0 Å². The minimum atomic E-state index is -0.0608. The molecule has 0 spiro atoms. The number of para-hydroxylation sites is 1. The Hall–Kier alpha value is -3.53. The quantitative estimate of drug-likeness (QED) is 0.355. The van der Waals surface area contributed by atoms with E-state index in [1.165, 1.54) is 21.8 Å². The number of hydrogen-bond donors (Lipinski definition) is 0. The summed E-state index contributed by atoms with van der Waals surface area (Å²) >= 11 is 0. The zero-order valence-corrected chi connectivity index (χ0v) is 15.5. The fraction of sp³-hybridized carbons (Fsp3) is 0.125. The highest BCUT2D eigenvalue weighted by atomic mass is 16.7. The molecule has 1 aromatic heterocycles. The van der Waals surface area contributed by atoms with Crippen LogP contribution in [0.4, 0.5) is 0 Å². The molecule has 0 aliphatic carbocycles. The van der Waals surface area contributed by atoms with E-state index >= 15 is 0 Å². The third-order valence-electron chi connectivity index (χ3n) is 5.20. The van der Waals surface area contributed by atoms with Crippen LogP contribution in [0.5, 0.6) is 11.5 Å². The number of ether oxygens (including phenoxy) is 2. The molecule has 0 saturated carbocycles. The number of hydrogen-bond acceptors (Lipinski definition) is 3. The molecular formula is C24H19NO3. The monoisotopic (exact) mass is 369 g/mol. The van der Waals surface area contributed by atoms with E-state index in [4.69, 9.17) is 9.47 Å². The van der Waals surface area contributed by atoms with E-state index in [0.29, 0.717) is 17.1 Å².